The molecule has 0 spiro atoms. The normalized spacial score (nSPS) is 13.1. The molecule has 1 atom stereocenters. The van der Waals surface area contributed by atoms with Crippen LogP contribution in [0.15, 0.2) is 26.2 Å². The van der Waals surface area contributed by atoms with Gasteiger partial charge in [-0.2, -0.15) is 0 Å². The number of furan rings is 1. The van der Waals surface area contributed by atoms with Gasteiger partial charge in [0.25, 0.3) is 0 Å². The molecule has 0 saturated heterocycles. The van der Waals surface area contributed by atoms with E-state index in [9.17, 15) is 4.70 Å². The van der Waals surface area contributed by atoms with E-state index in [1.54, 1.807) is 6.26 Å². The molecule has 0 saturated carbocycles. The Hall–Kier alpha value is -0.705. The molecule has 1 aromatic heterocycles. The molecule has 0 aliphatic heterocycles. The number of hydrogen-bond donors (Lipinski definition) is 0. The number of halogens is 1. The van der Waals surface area contributed by atoms with E-state index in [0.717, 1.165) is 16.7 Å². The third-order valence-corrected chi connectivity index (χ3v) is 2.05. The summed E-state index contributed by atoms with van der Waals surface area (Å²) in [7, 11) is 0.667. The Kier molecular flexibility index (Phi) is 4.08. The molecule has 0 fully saturated rings. The molecule has 0 aliphatic rings. The molecule has 0 aromatic carbocycles. The predicted molar refractivity (Wildman–Crippen MR) is 54.4 cm³/mol. The van der Waals surface area contributed by atoms with E-state index in [1.165, 1.54) is 6.11 Å². The van der Waals surface area contributed by atoms with Gasteiger partial charge in [-0.15, -0.1) is 0 Å². The van der Waals surface area contributed by atoms with Crippen LogP contribution in [0.25, 0.3) is 0 Å². The van der Waals surface area contributed by atoms with E-state index in [-0.39, 0.29) is 6.04 Å². The van der Waals surface area contributed by atoms with Crippen molar-refractivity contribution >= 4 is 29.2 Å². The Bertz CT molecular complexity index is 311. The van der Waals surface area contributed by atoms with Crippen molar-refractivity contribution in [2.75, 3.05) is 0 Å². The summed E-state index contributed by atoms with van der Waals surface area (Å²) in [6.45, 7) is 1.99. The molecule has 68 valence electrons. The molecule has 0 radical (unpaired) electrons. The molecule has 1 unspecified atom stereocenters. The maximum absolute atomic E-state index is 10.1. The van der Waals surface area contributed by atoms with Gasteiger partial charge in [0.05, 0.1) is 0 Å². The van der Waals surface area contributed by atoms with Crippen molar-refractivity contribution in [3.05, 3.63) is 22.6 Å². The summed E-state index contributed by atoms with van der Waals surface area (Å²) < 4.78 is 16.2. The monoisotopic (exact) mass is 241 g/mol. The van der Waals surface area contributed by atoms with Gasteiger partial charge in [0.2, 0.25) is 0 Å². The van der Waals surface area contributed by atoms with Crippen molar-refractivity contribution in [1.82, 2.24) is 0 Å². The fraction of sp³-hybridized carbons (Fsp3) is 0.375. The molecule has 3 nitrogen and oxygen atoms in total. The van der Waals surface area contributed by atoms with Crippen LogP contribution in [0, 0.1) is 0 Å². The van der Waals surface area contributed by atoms with Crippen LogP contribution in [0.1, 0.15) is 25.1 Å². The zero-order valence-electron chi connectivity index (χ0n) is 7.24. The molecular weight excluding hydrogens is 233 g/mol. The minimum absolute atomic E-state index is 0.0588. The molecular formula is C8H9BBrNO2. The van der Waals surface area contributed by atoms with Gasteiger partial charge in [0.15, 0.2) is 0 Å². The molecule has 13 heavy (non-hydrogen) atoms. The number of nitrogens with zero attached hydrogens (tertiary/aromatic N) is 1. The van der Waals surface area contributed by atoms with Crippen molar-refractivity contribution < 1.29 is 9.12 Å². The van der Waals surface area contributed by atoms with E-state index in [0.29, 0.717) is 7.15 Å². The maximum atomic E-state index is 10.1. The zero-order valence-corrected chi connectivity index (χ0v) is 8.82. The SMILES string of the molecule is CCC(N=CB=O)c1cc(Br)co1. The Morgan fingerprint density at radius 1 is 1.85 bits per heavy atom. The first-order valence-corrected chi connectivity index (χ1v) is 4.78. The van der Waals surface area contributed by atoms with Crippen LogP contribution in [0.4, 0.5) is 0 Å². The molecule has 0 N–H and O–H groups in total. The Labute approximate surface area is 85.6 Å². The van der Waals surface area contributed by atoms with Crippen LogP contribution >= 0.6 is 15.9 Å². The average molecular weight is 242 g/mol. The fourth-order valence-corrected chi connectivity index (χ4v) is 1.34. The predicted octanol–water partition coefficient (Wildman–Crippen LogP) is 2.57. The Morgan fingerprint density at radius 2 is 2.62 bits per heavy atom. The van der Waals surface area contributed by atoms with Crippen LogP contribution in [-0.2, 0) is 4.70 Å². The van der Waals surface area contributed by atoms with E-state index in [2.05, 4.69) is 20.9 Å². The summed E-state index contributed by atoms with van der Waals surface area (Å²) in [5, 5.41) is 0. The van der Waals surface area contributed by atoms with Crippen LogP contribution in [-0.4, -0.2) is 13.3 Å². The summed E-state index contributed by atoms with van der Waals surface area (Å²) >= 11 is 3.28. The van der Waals surface area contributed by atoms with E-state index >= 15 is 0 Å². The quantitative estimate of drug-likeness (QED) is 0.601. The van der Waals surface area contributed by atoms with Gasteiger partial charge in [-0.3, -0.25) is 0 Å². The second kappa shape index (κ2) is 5.12. The summed E-state index contributed by atoms with van der Waals surface area (Å²) in [4.78, 5) is 4.04. The third kappa shape index (κ3) is 2.92. The fourth-order valence-electron chi connectivity index (χ4n) is 1.02. The third-order valence-electron chi connectivity index (χ3n) is 1.63. The van der Waals surface area contributed by atoms with Gasteiger partial charge in [-0.05, 0) is 0 Å². The van der Waals surface area contributed by atoms with Crippen LogP contribution in [0.5, 0.6) is 0 Å². The van der Waals surface area contributed by atoms with Gasteiger partial charge in [0.1, 0.15) is 0 Å². The van der Waals surface area contributed by atoms with Crippen LogP contribution in [0.2, 0.25) is 0 Å². The van der Waals surface area contributed by atoms with Gasteiger partial charge in [0, 0.05) is 0 Å². The first kappa shape index (κ1) is 10.4. The molecule has 0 aliphatic carbocycles. The number of aliphatic imine (C=N–C) groups is 1. The Morgan fingerprint density at radius 3 is 3.08 bits per heavy atom. The van der Waals surface area contributed by atoms with Gasteiger partial charge in [-0.1, -0.05) is 0 Å². The standard InChI is InChI=1S/C8H9BBrNO2/c1-2-7(11-5-9-12)8-3-6(10)4-13-8/h3-5,7H,2H2,1H3. The van der Waals surface area contributed by atoms with Gasteiger partial charge in [-0.25, -0.2) is 0 Å². The average Bonchev–Trinajstić information content (AvgIpc) is 2.54. The Balaban J connectivity index is 2.77. The first-order valence-electron chi connectivity index (χ1n) is 3.98. The zero-order chi connectivity index (χ0) is 9.68. The molecule has 5 heteroatoms. The van der Waals surface area contributed by atoms with E-state index in [1.807, 2.05) is 13.0 Å². The summed E-state index contributed by atoms with van der Waals surface area (Å²) in [5.74, 6) is 0.771. The first-order chi connectivity index (χ1) is 6.27. The summed E-state index contributed by atoms with van der Waals surface area (Å²) in [6, 6.07) is 1.80. The number of hydrogen-bond acceptors (Lipinski definition) is 3. The van der Waals surface area contributed by atoms with Crippen molar-refractivity contribution in [1.29, 1.82) is 0 Å². The van der Waals surface area contributed by atoms with Crippen molar-refractivity contribution in [2.45, 2.75) is 19.4 Å². The van der Waals surface area contributed by atoms with Gasteiger partial charge < -0.3 is 0 Å². The van der Waals surface area contributed by atoms with Crippen molar-refractivity contribution in [3.63, 3.8) is 0 Å². The van der Waals surface area contributed by atoms with E-state index in [4.69, 9.17) is 4.42 Å². The molecule has 1 aromatic rings. The summed E-state index contributed by atoms with van der Waals surface area (Å²) in [6.07, 6.45) is 3.67. The topological polar surface area (TPSA) is 42.6 Å². The van der Waals surface area contributed by atoms with Crippen molar-refractivity contribution in [3.8, 4) is 0 Å². The summed E-state index contributed by atoms with van der Waals surface area (Å²) in [5.41, 5.74) is 0. The van der Waals surface area contributed by atoms with Crippen LogP contribution in [0.3, 0.4) is 0 Å². The van der Waals surface area contributed by atoms with E-state index < -0.39 is 0 Å². The molecule has 0 amide bonds. The second-order valence-corrected chi connectivity index (χ2v) is 3.44. The molecule has 1 rings (SSSR count). The molecule has 1 heterocycles. The second-order valence-electron chi connectivity index (χ2n) is 2.53. The van der Waals surface area contributed by atoms with Gasteiger partial charge >= 0.3 is 85.3 Å². The van der Waals surface area contributed by atoms with Crippen LogP contribution < -0.4 is 0 Å². The minimum atomic E-state index is -0.0588. The number of rotatable bonds is 4. The van der Waals surface area contributed by atoms with Crippen molar-refractivity contribution in [2.24, 2.45) is 4.99 Å². The molecule has 0 bridgehead atoms.